The van der Waals surface area contributed by atoms with Crippen LogP contribution in [0.3, 0.4) is 0 Å². The lowest BCUT2D eigenvalue weighted by Gasteiger charge is -2.34. The molecule has 1 aromatic carbocycles. The van der Waals surface area contributed by atoms with Crippen molar-refractivity contribution in [3.63, 3.8) is 0 Å². The normalized spacial score (nSPS) is 22.4. The van der Waals surface area contributed by atoms with Crippen LogP contribution in [-0.2, 0) is 21.2 Å². The third kappa shape index (κ3) is 4.79. The van der Waals surface area contributed by atoms with Gasteiger partial charge >= 0.3 is 0 Å². The van der Waals surface area contributed by atoms with Crippen LogP contribution in [0.25, 0.3) is 10.6 Å². The first-order valence-corrected chi connectivity index (χ1v) is 12.4. The zero-order valence-electron chi connectivity index (χ0n) is 15.8. The summed E-state index contributed by atoms with van der Waals surface area (Å²) in [6.07, 6.45) is 0.993. The Labute approximate surface area is 170 Å². The lowest BCUT2D eigenvalue weighted by atomic mass is 10.0. The summed E-state index contributed by atoms with van der Waals surface area (Å²) in [6, 6.07) is 10.2. The maximum absolute atomic E-state index is 12.5. The quantitative estimate of drug-likeness (QED) is 0.744. The molecule has 2 fully saturated rings. The molecule has 0 spiro atoms. The number of benzene rings is 1. The Balaban J connectivity index is 1.25. The Morgan fingerprint density at radius 1 is 1.14 bits per heavy atom. The van der Waals surface area contributed by atoms with Crippen molar-refractivity contribution in [1.29, 1.82) is 0 Å². The number of amides is 1. The molecule has 28 heavy (non-hydrogen) atoms. The van der Waals surface area contributed by atoms with Gasteiger partial charge in [-0.05, 0) is 12.3 Å². The van der Waals surface area contributed by atoms with Crippen molar-refractivity contribution < 1.29 is 13.2 Å². The standard InChI is InChI=1S/C20H25N3O3S2/c24-19(12-16-6-11-28(25,26)15-16)23-9-7-22(8-10-23)13-18-14-27-20(21-18)17-4-2-1-3-5-17/h1-5,14,16H,6-13,15H2. The number of nitrogens with zero attached hydrogens (tertiary/aromatic N) is 3. The smallest absolute Gasteiger partial charge is 0.222 e. The van der Waals surface area contributed by atoms with Gasteiger partial charge in [-0.15, -0.1) is 11.3 Å². The second-order valence-corrected chi connectivity index (χ2v) is 10.7. The molecule has 2 aliphatic rings. The molecule has 3 heterocycles. The van der Waals surface area contributed by atoms with E-state index in [0.29, 0.717) is 25.9 Å². The Kier molecular flexibility index (Phi) is 5.80. The monoisotopic (exact) mass is 419 g/mol. The van der Waals surface area contributed by atoms with Gasteiger partial charge in [-0.3, -0.25) is 9.69 Å². The second kappa shape index (κ2) is 8.31. The van der Waals surface area contributed by atoms with Gasteiger partial charge in [0.1, 0.15) is 5.01 Å². The first-order chi connectivity index (χ1) is 13.5. The van der Waals surface area contributed by atoms with E-state index in [4.69, 9.17) is 4.98 Å². The summed E-state index contributed by atoms with van der Waals surface area (Å²) in [5, 5.41) is 3.15. The summed E-state index contributed by atoms with van der Waals surface area (Å²) in [7, 11) is -2.92. The number of hydrogen-bond acceptors (Lipinski definition) is 6. The molecule has 8 heteroatoms. The summed E-state index contributed by atoms with van der Waals surface area (Å²) >= 11 is 1.66. The third-order valence-electron chi connectivity index (χ3n) is 5.47. The molecule has 0 saturated carbocycles. The molecule has 1 atom stereocenters. The van der Waals surface area contributed by atoms with Gasteiger partial charge in [-0.1, -0.05) is 30.3 Å². The highest BCUT2D eigenvalue weighted by molar-refractivity contribution is 7.91. The van der Waals surface area contributed by atoms with Crippen LogP contribution in [0.1, 0.15) is 18.5 Å². The fourth-order valence-electron chi connectivity index (χ4n) is 3.89. The number of thiazole rings is 1. The van der Waals surface area contributed by atoms with Crippen LogP contribution in [0.4, 0.5) is 0 Å². The van der Waals surface area contributed by atoms with Crippen LogP contribution in [-0.4, -0.2) is 66.8 Å². The Bertz CT molecular complexity index is 919. The van der Waals surface area contributed by atoms with E-state index in [1.54, 1.807) is 11.3 Å². The predicted octanol–water partition coefficient (Wildman–Crippen LogP) is 2.28. The van der Waals surface area contributed by atoms with Crippen molar-refractivity contribution in [1.82, 2.24) is 14.8 Å². The highest BCUT2D eigenvalue weighted by atomic mass is 32.2. The SMILES string of the molecule is O=C(CC1CCS(=O)(=O)C1)N1CCN(Cc2csc(-c3ccccc3)n2)CC1. The van der Waals surface area contributed by atoms with Gasteiger partial charge in [0.05, 0.1) is 17.2 Å². The molecule has 2 saturated heterocycles. The number of rotatable bonds is 5. The molecular weight excluding hydrogens is 394 g/mol. The molecule has 1 unspecified atom stereocenters. The van der Waals surface area contributed by atoms with Crippen LogP contribution >= 0.6 is 11.3 Å². The molecule has 1 amide bonds. The van der Waals surface area contributed by atoms with Gasteiger partial charge in [0.2, 0.25) is 5.91 Å². The van der Waals surface area contributed by atoms with E-state index in [1.807, 2.05) is 23.1 Å². The van der Waals surface area contributed by atoms with Gasteiger partial charge in [-0.2, -0.15) is 0 Å². The highest BCUT2D eigenvalue weighted by Gasteiger charge is 2.31. The Hall–Kier alpha value is -1.77. The fourth-order valence-corrected chi connectivity index (χ4v) is 6.57. The molecular formula is C20H25N3O3S2. The zero-order valence-corrected chi connectivity index (χ0v) is 17.4. The topological polar surface area (TPSA) is 70.6 Å². The average Bonchev–Trinajstić information content (AvgIpc) is 3.29. The van der Waals surface area contributed by atoms with E-state index in [2.05, 4.69) is 22.4 Å². The first-order valence-electron chi connectivity index (χ1n) is 9.69. The summed E-state index contributed by atoms with van der Waals surface area (Å²) in [5.74, 6) is 0.507. The van der Waals surface area contributed by atoms with Gasteiger partial charge in [0.25, 0.3) is 0 Å². The van der Waals surface area contributed by atoms with E-state index in [9.17, 15) is 13.2 Å². The van der Waals surface area contributed by atoms with Crippen LogP contribution in [0.2, 0.25) is 0 Å². The number of piperazine rings is 1. The minimum atomic E-state index is -2.92. The highest BCUT2D eigenvalue weighted by Crippen LogP contribution is 2.25. The lowest BCUT2D eigenvalue weighted by molar-refractivity contribution is -0.133. The van der Waals surface area contributed by atoms with Crippen molar-refractivity contribution in [3.05, 3.63) is 41.4 Å². The Morgan fingerprint density at radius 3 is 2.57 bits per heavy atom. The van der Waals surface area contributed by atoms with Gasteiger partial charge in [-0.25, -0.2) is 13.4 Å². The number of hydrogen-bond donors (Lipinski definition) is 0. The van der Waals surface area contributed by atoms with Crippen molar-refractivity contribution >= 4 is 27.1 Å². The lowest BCUT2D eigenvalue weighted by Crippen LogP contribution is -2.48. The van der Waals surface area contributed by atoms with Gasteiger partial charge in [0, 0.05) is 50.1 Å². The zero-order chi connectivity index (χ0) is 19.6. The van der Waals surface area contributed by atoms with Crippen LogP contribution in [0.5, 0.6) is 0 Å². The molecule has 0 radical (unpaired) electrons. The van der Waals surface area contributed by atoms with Gasteiger partial charge < -0.3 is 4.90 Å². The number of carbonyl (C=O) groups is 1. The molecule has 2 aliphatic heterocycles. The van der Waals surface area contributed by atoms with Gasteiger partial charge in [0.15, 0.2) is 9.84 Å². The summed E-state index contributed by atoms with van der Waals surface area (Å²) in [6.45, 7) is 3.86. The van der Waals surface area contributed by atoms with Crippen LogP contribution in [0.15, 0.2) is 35.7 Å². The molecule has 4 rings (SSSR count). The number of aromatic nitrogens is 1. The number of sulfone groups is 1. The van der Waals surface area contributed by atoms with Crippen molar-refractivity contribution in [2.45, 2.75) is 19.4 Å². The predicted molar refractivity (Wildman–Crippen MR) is 111 cm³/mol. The van der Waals surface area contributed by atoms with E-state index in [1.165, 1.54) is 0 Å². The molecule has 1 aromatic heterocycles. The maximum atomic E-state index is 12.5. The Morgan fingerprint density at radius 2 is 1.89 bits per heavy atom. The minimum absolute atomic E-state index is 0.00180. The maximum Gasteiger partial charge on any atom is 0.222 e. The third-order valence-corrected chi connectivity index (χ3v) is 8.25. The number of carbonyl (C=O) groups excluding carboxylic acids is 1. The summed E-state index contributed by atoms with van der Waals surface area (Å²) in [4.78, 5) is 21.5. The molecule has 150 valence electrons. The van der Waals surface area contributed by atoms with E-state index in [-0.39, 0.29) is 23.3 Å². The fraction of sp³-hybridized carbons (Fsp3) is 0.500. The van der Waals surface area contributed by atoms with Crippen molar-refractivity contribution in [2.75, 3.05) is 37.7 Å². The average molecular weight is 420 g/mol. The summed E-state index contributed by atoms with van der Waals surface area (Å²) < 4.78 is 23.1. The first kappa shape index (κ1) is 19.5. The second-order valence-electron chi connectivity index (χ2n) is 7.64. The van der Waals surface area contributed by atoms with E-state index >= 15 is 0 Å². The largest absolute Gasteiger partial charge is 0.340 e. The van der Waals surface area contributed by atoms with Crippen LogP contribution in [0, 0.1) is 5.92 Å². The minimum Gasteiger partial charge on any atom is -0.340 e. The van der Waals surface area contributed by atoms with Crippen LogP contribution < -0.4 is 0 Å². The molecule has 2 aromatic rings. The molecule has 0 N–H and O–H groups in total. The van der Waals surface area contributed by atoms with E-state index in [0.717, 1.165) is 35.9 Å². The molecule has 6 nitrogen and oxygen atoms in total. The van der Waals surface area contributed by atoms with E-state index < -0.39 is 9.84 Å². The molecule has 0 bridgehead atoms. The summed E-state index contributed by atoms with van der Waals surface area (Å²) in [5.41, 5.74) is 2.21. The van der Waals surface area contributed by atoms with Crippen molar-refractivity contribution in [2.24, 2.45) is 5.92 Å². The molecule has 0 aliphatic carbocycles. The van der Waals surface area contributed by atoms with Crippen molar-refractivity contribution in [3.8, 4) is 10.6 Å².